The van der Waals surface area contributed by atoms with Crippen LogP contribution in [0.1, 0.15) is 37.6 Å². The molecule has 0 spiro atoms. The number of carbonyl (C=O) groups is 1. The van der Waals surface area contributed by atoms with Crippen molar-refractivity contribution >= 4 is 50.6 Å². The quantitative estimate of drug-likeness (QED) is 0.252. The number of carbonyl (C=O) groups excluding carboxylic acids is 1. The summed E-state index contributed by atoms with van der Waals surface area (Å²) in [6.07, 6.45) is 5.14. The zero-order valence-corrected chi connectivity index (χ0v) is 22.8. The van der Waals surface area contributed by atoms with E-state index >= 15 is 0 Å². The highest BCUT2D eigenvalue weighted by Gasteiger charge is 2.32. The van der Waals surface area contributed by atoms with Crippen molar-refractivity contribution in [1.29, 1.82) is 0 Å². The largest absolute Gasteiger partial charge is 0.325 e. The number of fused-ring (bicyclic) bond motifs is 5. The van der Waals surface area contributed by atoms with Crippen LogP contribution >= 0.6 is 23.1 Å². The molecule has 3 aromatic heterocycles. The number of hydrogen-bond donors (Lipinski definition) is 1. The minimum absolute atomic E-state index is 0.0831. The van der Waals surface area contributed by atoms with Gasteiger partial charge in [0, 0.05) is 16.1 Å². The summed E-state index contributed by atoms with van der Waals surface area (Å²) in [5.41, 5.74) is 5.39. The predicted octanol–water partition coefficient (Wildman–Crippen LogP) is 6.89. The first-order valence-corrected chi connectivity index (χ1v) is 14.4. The smallest absolute Gasteiger partial charge is 0.234 e. The molecule has 0 saturated carbocycles. The van der Waals surface area contributed by atoms with Crippen LogP contribution in [0, 0.1) is 11.3 Å². The zero-order chi connectivity index (χ0) is 25.6. The summed E-state index contributed by atoms with van der Waals surface area (Å²) in [4.78, 5) is 20.1. The van der Waals surface area contributed by atoms with E-state index in [0.717, 1.165) is 45.5 Å². The summed E-state index contributed by atoms with van der Waals surface area (Å²) >= 11 is 3.18. The number of thiophene rings is 1. The Morgan fingerprint density at radius 3 is 2.70 bits per heavy atom. The molecule has 0 saturated heterocycles. The fourth-order valence-electron chi connectivity index (χ4n) is 5.17. The van der Waals surface area contributed by atoms with Crippen LogP contribution in [0.25, 0.3) is 27.0 Å². The lowest BCUT2D eigenvalue weighted by Gasteiger charge is -2.33. The van der Waals surface area contributed by atoms with Crippen molar-refractivity contribution in [3.8, 4) is 11.1 Å². The molecule has 5 aromatic rings. The van der Waals surface area contributed by atoms with Gasteiger partial charge < -0.3 is 5.32 Å². The molecule has 6 rings (SSSR count). The molecule has 8 heteroatoms. The van der Waals surface area contributed by atoms with E-state index in [1.54, 1.807) is 17.7 Å². The molecule has 0 aliphatic heterocycles. The lowest BCUT2D eigenvalue weighted by molar-refractivity contribution is -0.113. The number of thioether (sulfide) groups is 1. The average Bonchev–Trinajstić information content (AvgIpc) is 3.48. The second-order valence-corrected chi connectivity index (χ2v) is 12.7. The van der Waals surface area contributed by atoms with E-state index in [1.807, 2.05) is 59.0 Å². The highest BCUT2D eigenvalue weighted by Crippen LogP contribution is 2.43. The summed E-state index contributed by atoms with van der Waals surface area (Å²) in [7, 11) is 0. The van der Waals surface area contributed by atoms with Gasteiger partial charge in [0.05, 0.1) is 11.1 Å². The highest BCUT2D eigenvalue weighted by molar-refractivity contribution is 7.99. The second-order valence-electron chi connectivity index (χ2n) is 10.7. The van der Waals surface area contributed by atoms with E-state index in [-0.39, 0.29) is 11.7 Å². The summed E-state index contributed by atoms with van der Waals surface area (Å²) in [6, 6.07) is 17.9. The lowest BCUT2D eigenvalue weighted by atomic mass is 9.72. The SMILES string of the molecule is CC(C)(C)[C@@H]1CCc2c(sc3ncn4c(SCC(=O)Nc5ccccc5-c5ccccc5)nnc4c23)C1. The third-order valence-corrected chi connectivity index (χ3v) is 9.37. The van der Waals surface area contributed by atoms with Gasteiger partial charge >= 0.3 is 0 Å². The van der Waals surface area contributed by atoms with Gasteiger partial charge in [-0.3, -0.25) is 9.20 Å². The normalized spacial score (nSPS) is 15.7. The average molecular weight is 528 g/mol. The molecule has 0 fully saturated rings. The van der Waals surface area contributed by atoms with Crippen LogP contribution in [0.5, 0.6) is 0 Å². The van der Waals surface area contributed by atoms with Crippen molar-refractivity contribution in [3.63, 3.8) is 0 Å². The third kappa shape index (κ3) is 4.64. The number of para-hydroxylation sites is 1. The van der Waals surface area contributed by atoms with Gasteiger partial charge in [-0.1, -0.05) is 81.1 Å². The maximum Gasteiger partial charge on any atom is 0.234 e. The molecule has 0 radical (unpaired) electrons. The molecular formula is C29H29N5OS2. The Bertz CT molecular complexity index is 1600. The molecule has 1 N–H and O–H groups in total. The maximum atomic E-state index is 12.9. The van der Waals surface area contributed by atoms with Crippen molar-refractivity contribution in [2.24, 2.45) is 11.3 Å². The van der Waals surface area contributed by atoms with Gasteiger partial charge in [-0.25, -0.2) is 4.98 Å². The van der Waals surface area contributed by atoms with E-state index in [4.69, 9.17) is 4.98 Å². The summed E-state index contributed by atoms with van der Waals surface area (Å²) < 4.78 is 1.93. The molecule has 1 amide bonds. The third-order valence-electron chi connectivity index (χ3n) is 7.27. The standard InChI is InChI=1S/C29H29N5OS2/c1-29(2,3)19-13-14-21-23(15-19)37-27-25(21)26-32-33-28(34(26)17-30-27)36-16-24(35)31-22-12-8-7-11-20(22)18-9-5-4-6-10-18/h4-12,17,19H,13-16H2,1-3H3,(H,31,35)/t19-/m1/s1. The molecule has 1 aliphatic carbocycles. The van der Waals surface area contributed by atoms with Crippen LogP contribution in [0.4, 0.5) is 5.69 Å². The number of anilines is 1. The molecule has 2 aromatic carbocycles. The van der Waals surface area contributed by atoms with Crippen molar-refractivity contribution < 1.29 is 4.79 Å². The Morgan fingerprint density at radius 1 is 1.11 bits per heavy atom. The molecule has 1 aliphatic rings. The van der Waals surface area contributed by atoms with Crippen molar-refractivity contribution in [2.45, 2.75) is 45.2 Å². The molecule has 6 nitrogen and oxygen atoms in total. The van der Waals surface area contributed by atoms with Crippen LogP contribution in [-0.4, -0.2) is 31.2 Å². The Kier molecular flexibility index (Phi) is 6.24. The lowest BCUT2D eigenvalue weighted by Crippen LogP contribution is -2.26. The van der Waals surface area contributed by atoms with Gasteiger partial charge in [0.2, 0.25) is 5.91 Å². The number of rotatable bonds is 5. The highest BCUT2D eigenvalue weighted by atomic mass is 32.2. The van der Waals surface area contributed by atoms with Crippen LogP contribution in [0.3, 0.4) is 0 Å². The summed E-state index contributed by atoms with van der Waals surface area (Å²) in [6.45, 7) is 7.01. The van der Waals surface area contributed by atoms with E-state index in [9.17, 15) is 4.79 Å². The van der Waals surface area contributed by atoms with Crippen LogP contribution < -0.4 is 5.32 Å². The number of nitrogens with one attached hydrogen (secondary N) is 1. The number of aryl methyl sites for hydroxylation is 1. The number of amides is 1. The molecule has 0 bridgehead atoms. The monoisotopic (exact) mass is 527 g/mol. The van der Waals surface area contributed by atoms with E-state index in [2.05, 4.69) is 36.3 Å². The van der Waals surface area contributed by atoms with Gasteiger partial charge in [0.25, 0.3) is 0 Å². The minimum atomic E-state index is -0.0831. The Hall–Kier alpha value is -3.23. The first-order valence-electron chi connectivity index (χ1n) is 12.6. The van der Waals surface area contributed by atoms with E-state index < -0.39 is 0 Å². The van der Waals surface area contributed by atoms with E-state index in [1.165, 1.54) is 28.6 Å². The van der Waals surface area contributed by atoms with Crippen molar-refractivity contribution in [2.75, 3.05) is 11.1 Å². The number of aromatic nitrogens is 4. The summed E-state index contributed by atoms with van der Waals surface area (Å²) in [5, 5.41) is 13.9. The van der Waals surface area contributed by atoms with Gasteiger partial charge in [-0.05, 0) is 47.8 Å². The topological polar surface area (TPSA) is 72.2 Å². The number of benzene rings is 2. The van der Waals surface area contributed by atoms with Gasteiger partial charge in [0.1, 0.15) is 11.2 Å². The first-order chi connectivity index (χ1) is 17.9. The first kappa shape index (κ1) is 24.1. The number of hydrogen-bond acceptors (Lipinski definition) is 6. The van der Waals surface area contributed by atoms with Gasteiger partial charge in [-0.2, -0.15) is 0 Å². The molecule has 37 heavy (non-hydrogen) atoms. The van der Waals surface area contributed by atoms with Crippen LogP contribution in [0.15, 0.2) is 66.1 Å². The molecule has 3 heterocycles. The van der Waals surface area contributed by atoms with Gasteiger partial charge in [0.15, 0.2) is 10.8 Å². The predicted molar refractivity (Wildman–Crippen MR) is 152 cm³/mol. The zero-order valence-electron chi connectivity index (χ0n) is 21.2. The van der Waals surface area contributed by atoms with Crippen molar-refractivity contribution in [1.82, 2.24) is 19.6 Å². The molecule has 188 valence electrons. The Morgan fingerprint density at radius 2 is 1.89 bits per heavy atom. The van der Waals surface area contributed by atoms with Crippen molar-refractivity contribution in [3.05, 3.63) is 71.4 Å². The Labute approximate surface area is 224 Å². The van der Waals surface area contributed by atoms with E-state index in [0.29, 0.717) is 16.5 Å². The van der Waals surface area contributed by atoms with Gasteiger partial charge in [-0.15, -0.1) is 21.5 Å². The summed E-state index contributed by atoms with van der Waals surface area (Å²) in [5.74, 6) is 0.829. The Balaban J connectivity index is 1.21. The van der Waals surface area contributed by atoms with Crippen LogP contribution in [-0.2, 0) is 17.6 Å². The molecule has 0 unspecified atom stereocenters. The second kappa shape index (κ2) is 9.58. The fraction of sp³-hybridized carbons (Fsp3) is 0.310. The maximum absolute atomic E-state index is 12.9. The minimum Gasteiger partial charge on any atom is -0.325 e. The number of nitrogens with zero attached hydrogens (tertiary/aromatic N) is 4. The molecular weight excluding hydrogens is 498 g/mol. The molecule has 1 atom stereocenters. The van der Waals surface area contributed by atoms with Crippen LogP contribution in [0.2, 0.25) is 0 Å². The fourth-order valence-corrected chi connectivity index (χ4v) is 7.14.